The van der Waals surface area contributed by atoms with Crippen LogP contribution in [-0.2, 0) is 14.3 Å². The zero-order valence-corrected chi connectivity index (χ0v) is 20.1. The standard InChI is InChI=1S/C25H25N3O6S/c1-14-22(23(31)26-12-15(33-2)11-21(29)30)35-24(27-14)28-25(32)34-13-20-18-9-5-3-7-16(18)17-8-4-6-10-19(17)20/h3-10,15,20H,11-13H2,1-2H3,(H,26,31)(H,29,30)(H,27,28,32). The quantitative estimate of drug-likeness (QED) is 0.409. The number of fused-ring (bicyclic) bond motifs is 3. The maximum atomic E-state index is 12.5. The topological polar surface area (TPSA) is 127 Å². The third-order valence-corrected chi connectivity index (χ3v) is 6.85. The maximum Gasteiger partial charge on any atom is 0.413 e. The molecule has 10 heteroatoms. The number of carboxylic acids is 1. The lowest BCUT2D eigenvalue weighted by atomic mass is 9.98. The number of carboxylic acid groups (broad SMARTS) is 1. The number of amides is 2. The molecule has 1 aliphatic rings. The number of methoxy groups -OCH3 is 1. The fraction of sp³-hybridized carbons (Fsp3) is 0.280. The highest BCUT2D eigenvalue weighted by molar-refractivity contribution is 7.17. The molecule has 2 amide bonds. The van der Waals surface area contributed by atoms with Crippen molar-refractivity contribution in [3.05, 3.63) is 70.2 Å². The first-order valence-corrected chi connectivity index (χ1v) is 11.8. The van der Waals surface area contributed by atoms with Crippen LogP contribution in [0, 0.1) is 6.92 Å². The first-order valence-electron chi connectivity index (χ1n) is 11.0. The molecule has 0 saturated carbocycles. The van der Waals surface area contributed by atoms with E-state index in [4.69, 9.17) is 14.6 Å². The molecular formula is C25H25N3O6S. The Morgan fingerprint density at radius 1 is 1.09 bits per heavy atom. The van der Waals surface area contributed by atoms with Gasteiger partial charge < -0.3 is 19.9 Å². The van der Waals surface area contributed by atoms with Crippen LogP contribution in [0.1, 0.15) is 38.8 Å². The summed E-state index contributed by atoms with van der Waals surface area (Å²) in [4.78, 5) is 40.4. The van der Waals surface area contributed by atoms with Gasteiger partial charge in [0.1, 0.15) is 11.5 Å². The third-order valence-electron chi connectivity index (χ3n) is 5.78. The normalized spacial score (nSPS) is 13.0. The van der Waals surface area contributed by atoms with E-state index >= 15 is 0 Å². The van der Waals surface area contributed by atoms with E-state index in [0.29, 0.717) is 10.6 Å². The van der Waals surface area contributed by atoms with Crippen molar-refractivity contribution in [2.75, 3.05) is 25.6 Å². The molecule has 2 aromatic carbocycles. The average Bonchev–Trinajstić information content (AvgIpc) is 3.37. The molecule has 9 nitrogen and oxygen atoms in total. The lowest BCUT2D eigenvalue weighted by Crippen LogP contribution is -2.34. The molecular weight excluding hydrogens is 470 g/mol. The van der Waals surface area contributed by atoms with Gasteiger partial charge in [-0.15, -0.1) is 0 Å². The van der Waals surface area contributed by atoms with E-state index in [1.54, 1.807) is 6.92 Å². The zero-order chi connectivity index (χ0) is 24.9. The van der Waals surface area contributed by atoms with Crippen molar-refractivity contribution >= 4 is 34.4 Å². The van der Waals surface area contributed by atoms with E-state index in [9.17, 15) is 14.4 Å². The zero-order valence-electron chi connectivity index (χ0n) is 19.2. The molecule has 1 heterocycles. The number of anilines is 1. The van der Waals surface area contributed by atoms with Crippen molar-refractivity contribution in [2.24, 2.45) is 0 Å². The molecule has 0 saturated heterocycles. The largest absolute Gasteiger partial charge is 0.481 e. The molecule has 1 unspecified atom stereocenters. The summed E-state index contributed by atoms with van der Waals surface area (Å²) >= 11 is 1.01. The highest BCUT2D eigenvalue weighted by Crippen LogP contribution is 2.44. The van der Waals surface area contributed by atoms with Gasteiger partial charge in [0.05, 0.1) is 18.2 Å². The minimum atomic E-state index is -1.02. The fourth-order valence-corrected chi connectivity index (χ4v) is 4.97. The average molecular weight is 496 g/mol. The summed E-state index contributed by atoms with van der Waals surface area (Å²) in [5.74, 6) is -1.50. The summed E-state index contributed by atoms with van der Waals surface area (Å²) in [6.45, 7) is 1.85. The minimum absolute atomic E-state index is 0.0358. The number of benzene rings is 2. The van der Waals surface area contributed by atoms with Gasteiger partial charge >= 0.3 is 12.1 Å². The second-order valence-corrected chi connectivity index (χ2v) is 9.05. The van der Waals surface area contributed by atoms with Gasteiger partial charge in [-0.05, 0) is 29.2 Å². The van der Waals surface area contributed by atoms with Crippen LogP contribution in [0.4, 0.5) is 9.93 Å². The number of nitrogens with zero attached hydrogens (tertiary/aromatic N) is 1. The molecule has 3 N–H and O–H groups in total. The summed E-state index contributed by atoms with van der Waals surface area (Å²) < 4.78 is 10.6. The van der Waals surface area contributed by atoms with Gasteiger partial charge in [0.25, 0.3) is 5.91 Å². The monoisotopic (exact) mass is 495 g/mol. The fourth-order valence-electron chi connectivity index (χ4n) is 4.10. The molecule has 0 fully saturated rings. The van der Waals surface area contributed by atoms with E-state index in [0.717, 1.165) is 33.6 Å². The third kappa shape index (κ3) is 5.50. The number of carbonyl (C=O) groups excluding carboxylic acids is 2. The number of aryl methyl sites for hydroxylation is 1. The van der Waals surface area contributed by atoms with Gasteiger partial charge in [-0.25, -0.2) is 9.78 Å². The highest BCUT2D eigenvalue weighted by Gasteiger charge is 2.29. The van der Waals surface area contributed by atoms with Gasteiger partial charge in [0.2, 0.25) is 0 Å². The Morgan fingerprint density at radius 2 is 1.71 bits per heavy atom. The van der Waals surface area contributed by atoms with Crippen LogP contribution in [0.5, 0.6) is 0 Å². The number of hydrogen-bond acceptors (Lipinski definition) is 7. The van der Waals surface area contributed by atoms with Gasteiger partial charge in [-0.3, -0.25) is 14.9 Å². The van der Waals surface area contributed by atoms with Crippen LogP contribution in [-0.4, -0.2) is 54.4 Å². The Balaban J connectivity index is 1.35. The van der Waals surface area contributed by atoms with Crippen molar-refractivity contribution in [3.8, 4) is 11.1 Å². The number of ether oxygens (including phenoxy) is 2. The van der Waals surface area contributed by atoms with E-state index in [1.165, 1.54) is 7.11 Å². The summed E-state index contributed by atoms with van der Waals surface area (Å²) in [5, 5.41) is 14.4. The van der Waals surface area contributed by atoms with Crippen molar-refractivity contribution < 1.29 is 29.0 Å². The molecule has 35 heavy (non-hydrogen) atoms. The number of nitrogens with one attached hydrogen (secondary N) is 2. The summed E-state index contributed by atoms with van der Waals surface area (Å²) in [6, 6.07) is 16.1. The summed E-state index contributed by atoms with van der Waals surface area (Å²) in [6.07, 6.45) is -1.54. The Morgan fingerprint density at radius 3 is 2.31 bits per heavy atom. The first-order chi connectivity index (χ1) is 16.9. The van der Waals surface area contributed by atoms with Crippen molar-refractivity contribution in [3.63, 3.8) is 0 Å². The Labute approximate surface area is 206 Å². The molecule has 4 rings (SSSR count). The van der Waals surface area contributed by atoms with Crippen LogP contribution >= 0.6 is 11.3 Å². The van der Waals surface area contributed by atoms with Gasteiger partial charge in [-0.1, -0.05) is 59.9 Å². The van der Waals surface area contributed by atoms with Crippen LogP contribution in [0.15, 0.2) is 48.5 Å². The number of rotatable bonds is 9. The molecule has 0 radical (unpaired) electrons. The molecule has 3 aromatic rings. The Bertz CT molecular complexity index is 1210. The molecule has 1 aliphatic carbocycles. The summed E-state index contributed by atoms with van der Waals surface area (Å²) in [5.41, 5.74) is 4.95. The molecule has 1 atom stereocenters. The van der Waals surface area contributed by atoms with Crippen molar-refractivity contribution in [1.82, 2.24) is 10.3 Å². The Hall–Kier alpha value is -3.76. The number of aromatic nitrogens is 1. The van der Waals surface area contributed by atoms with Gasteiger partial charge in [-0.2, -0.15) is 0 Å². The molecule has 1 aromatic heterocycles. The van der Waals surface area contributed by atoms with E-state index in [-0.39, 0.29) is 30.6 Å². The second kappa shape index (κ2) is 10.7. The van der Waals surface area contributed by atoms with E-state index in [1.807, 2.05) is 36.4 Å². The van der Waals surface area contributed by atoms with Crippen LogP contribution < -0.4 is 10.6 Å². The van der Waals surface area contributed by atoms with Gasteiger partial charge in [0, 0.05) is 19.6 Å². The molecule has 182 valence electrons. The smallest absolute Gasteiger partial charge is 0.413 e. The maximum absolute atomic E-state index is 12.5. The van der Waals surface area contributed by atoms with Crippen LogP contribution in [0.25, 0.3) is 11.1 Å². The SMILES string of the molecule is COC(CNC(=O)c1sc(NC(=O)OCC2c3ccccc3-c3ccccc32)nc1C)CC(=O)O. The lowest BCUT2D eigenvalue weighted by Gasteiger charge is -2.14. The summed E-state index contributed by atoms with van der Waals surface area (Å²) in [7, 11) is 1.38. The molecule has 0 spiro atoms. The van der Waals surface area contributed by atoms with Crippen molar-refractivity contribution in [2.45, 2.75) is 25.4 Å². The Kier molecular flexibility index (Phi) is 7.42. The van der Waals surface area contributed by atoms with E-state index in [2.05, 4.69) is 27.8 Å². The van der Waals surface area contributed by atoms with Crippen LogP contribution in [0.3, 0.4) is 0 Å². The number of aliphatic carboxylic acids is 1. The highest BCUT2D eigenvalue weighted by atomic mass is 32.1. The molecule has 0 aliphatic heterocycles. The number of carbonyl (C=O) groups is 3. The lowest BCUT2D eigenvalue weighted by molar-refractivity contribution is -0.139. The first kappa shape index (κ1) is 24.4. The molecule has 0 bridgehead atoms. The number of thiazole rings is 1. The van der Waals surface area contributed by atoms with Gasteiger partial charge in [0.15, 0.2) is 5.13 Å². The van der Waals surface area contributed by atoms with E-state index < -0.39 is 24.1 Å². The second-order valence-electron chi connectivity index (χ2n) is 8.05. The predicted molar refractivity (Wildman–Crippen MR) is 131 cm³/mol. The van der Waals surface area contributed by atoms with Crippen LogP contribution in [0.2, 0.25) is 0 Å². The predicted octanol–water partition coefficient (Wildman–Crippen LogP) is 4.03. The number of hydrogen-bond donors (Lipinski definition) is 3. The van der Waals surface area contributed by atoms with Crippen molar-refractivity contribution in [1.29, 1.82) is 0 Å². The minimum Gasteiger partial charge on any atom is -0.481 e.